The molecule has 1 amide bonds. The molecule has 0 spiro atoms. The molecule has 2 aromatic carbocycles. The lowest BCUT2D eigenvalue weighted by Crippen LogP contribution is -2.30. The quantitative estimate of drug-likeness (QED) is 0.603. The molecule has 0 aliphatic carbocycles. The Kier molecular flexibility index (Phi) is 6.09. The fraction of sp³-hybridized carbons (Fsp3) is 0.227. The summed E-state index contributed by atoms with van der Waals surface area (Å²) >= 11 is 0. The van der Waals surface area contributed by atoms with E-state index in [1.165, 1.54) is 0 Å². The summed E-state index contributed by atoms with van der Waals surface area (Å²) in [7, 11) is 1.65. The van der Waals surface area contributed by atoms with Crippen molar-refractivity contribution in [2.24, 2.45) is 0 Å². The second-order valence-electron chi connectivity index (χ2n) is 6.17. The molecular weight excluding hydrogens is 326 g/mol. The van der Waals surface area contributed by atoms with Crippen LogP contribution < -0.4 is 4.74 Å². The van der Waals surface area contributed by atoms with E-state index in [1.54, 1.807) is 13.4 Å². The van der Waals surface area contributed by atoms with Crippen molar-refractivity contribution in [1.29, 1.82) is 0 Å². The molecule has 0 radical (unpaired) electrons. The Morgan fingerprint density at radius 1 is 0.962 bits per heavy atom. The summed E-state index contributed by atoms with van der Waals surface area (Å²) in [4.78, 5) is 14.7. The summed E-state index contributed by atoms with van der Waals surface area (Å²) in [6, 6.07) is 21.6. The molecule has 134 valence electrons. The highest BCUT2D eigenvalue weighted by atomic mass is 16.5. The highest BCUT2D eigenvalue weighted by Crippen LogP contribution is 2.16. The summed E-state index contributed by atoms with van der Waals surface area (Å²) in [5, 5.41) is 0. The molecule has 0 fully saturated rings. The predicted molar refractivity (Wildman–Crippen MR) is 101 cm³/mol. The summed E-state index contributed by atoms with van der Waals surface area (Å²) in [6.45, 7) is 1.04. The third-order valence-electron chi connectivity index (χ3n) is 4.26. The van der Waals surface area contributed by atoms with E-state index < -0.39 is 0 Å². The topological polar surface area (TPSA) is 42.7 Å². The average molecular weight is 349 g/mol. The van der Waals surface area contributed by atoms with Gasteiger partial charge in [0.15, 0.2) is 0 Å². The fourth-order valence-corrected chi connectivity index (χ4v) is 2.86. The summed E-state index contributed by atoms with van der Waals surface area (Å²) < 4.78 is 10.7. The number of amides is 1. The van der Waals surface area contributed by atoms with Crippen molar-refractivity contribution in [2.45, 2.75) is 25.9 Å². The van der Waals surface area contributed by atoms with Gasteiger partial charge in [-0.05, 0) is 41.8 Å². The first-order chi connectivity index (χ1) is 12.7. The molecule has 3 rings (SSSR count). The molecular formula is C22H23NO3. The van der Waals surface area contributed by atoms with Crippen molar-refractivity contribution >= 4 is 5.91 Å². The first-order valence-corrected chi connectivity index (χ1v) is 8.71. The van der Waals surface area contributed by atoms with Gasteiger partial charge in [0, 0.05) is 13.0 Å². The summed E-state index contributed by atoms with van der Waals surface area (Å²) in [6.07, 6.45) is 2.76. The van der Waals surface area contributed by atoms with E-state index in [9.17, 15) is 4.79 Å². The number of furan rings is 1. The molecule has 0 aliphatic rings. The van der Waals surface area contributed by atoms with Gasteiger partial charge < -0.3 is 14.1 Å². The van der Waals surface area contributed by atoms with Crippen LogP contribution >= 0.6 is 0 Å². The largest absolute Gasteiger partial charge is 0.497 e. The van der Waals surface area contributed by atoms with Crippen LogP contribution in [0.1, 0.15) is 23.3 Å². The van der Waals surface area contributed by atoms with Crippen molar-refractivity contribution < 1.29 is 13.9 Å². The second-order valence-corrected chi connectivity index (χ2v) is 6.17. The number of hydrogen-bond donors (Lipinski definition) is 0. The lowest BCUT2D eigenvalue weighted by molar-refractivity contribution is -0.132. The summed E-state index contributed by atoms with van der Waals surface area (Å²) in [5.74, 6) is 1.70. The van der Waals surface area contributed by atoms with Crippen LogP contribution in [0.15, 0.2) is 77.4 Å². The minimum Gasteiger partial charge on any atom is -0.497 e. The maximum Gasteiger partial charge on any atom is 0.223 e. The average Bonchev–Trinajstić information content (AvgIpc) is 3.20. The lowest BCUT2D eigenvalue weighted by atomic mass is 10.1. The Balaban J connectivity index is 1.67. The number of nitrogens with zero attached hydrogens (tertiary/aromatic N) is 1. The fourth-order valence-electron chi connectivity index (χ4n) is 2.86. The Hall–Kier alpha value is -3.01. The van der Waals surface area contributed by atoms with Crippen LogP contribution in [-0.2, 0) is 24.3 Å². The molecule has 1 heterocycles. The first kappa shape index (κ1) is 17.8. The molecule has 3 aromatic rings. The van der Waals surface area contributed by atoms with Crippen molar-refractivity contribution in [3.8, 4) is 5.75 Å². The zero-order valence-electron chi connectivity index (χ0n) is 14.9. The van der Waals surface area contributed by atoms with Crippen LogP contribution in [0.4, 0.5) is 0 Å². The van der Waals surface area contributed by atoms with Crippen molar-refractivity contribution in [2.75, 3.05) is 7.11 Å². The third kappa shape index (κ3) is 4.99. The molecule has 0 aliphatic heterocycles. The number of carbonyl (C=O) groups is 1. The number of ether oxygens (including phenoxy) is 1. The van der Waals surface area contributed by atoms with Crippen LogP contribution in [0.5, 0.6) is 5.75 Å². The van der Waals surface area contributed by atoms with Crippen LogP contribution in [0.3, 0.4) is 0 Å². The van der Waals surface area contributed by atoms with E-state index in [0.29, 0.717) is 25.9 Å². The predicted octanol–water partition coefficient (Wildman–Crippen LogP) is 4.45. The standard InChI is InChI=1S/C22H23NO3/c1-25-20-10-5-9-18(15-20)12-13-22(24)23(17-21-11-6-14-26-21)16-19-7-3-2-4-8-19/h2-11,14-15H,12-13,16-17H2,1H3. The van der Waals surface area contributed by atoms with Crippen LogP contribution in [0, 0.1) is 0 Å². The van der Waals surface area contributed by atoms with E-state index in [4.69, 9.17) is 9.15 Å². The zero-order chi connectivity index (χ0) is 18.2. The maximum absolute atomic E-state index is 12.9. The normalized spacial score (nSPS) is 10.5. The van der Waals surface area contributed by atoms with Crippen LogP contribution in [-0.4, -0.2) is 17.9 Å². The number of benzene rings is 2. The highest BCUT2D eigenvalue weighted by molar-refractivity contribution is 5.76. The van der Waals surface area contributed by atoms with Crippen LogP contribution in [0.25, 0.3) is 0 Å². The highest BCUT2D eigenvalue weighted by Gasteiger charge is 2.16. The van der Waals surface area contributed by atoms with Gasteiger partial charge in [-0.1, -0.05) is 42.5 Å². The van der Waals surface area contributed by atoms with Gasteiger partial charge in [0.2, 0.25) is 5.91 Å². The zero-order valence-corrected chi connectivity index (χ0v) is 14.9. The molecule has 0 saturated heterocycles. The van der Waals surface area contributed by atoms with Gasteiger partial charge in [-0.15, -0.1) is 0 Å². The van der Waals surface area contributed by atoms with E-state index >= 15 is 0 Å². The van der Waals surface area contributed by atoms with Gasteiger partial charge in [-0.3, -0.25) is 4.79 Å². The second kappa shape index (κ2) is 8.90. The number of aryl methyl sites for hydroxylation is 1. The lowest BCUT2D eigenvalue weighted by Gasteiger charge is -2.22. The SMILES string of the molecule is COc1cccc(CCC(=O)N(Cc2ccccc2)Cc2ccco2)c1. The first-order valence-electron chi connectivity index (χ1n) is 8.71. The van der Waals surface area contributed by atoms with Gasteiger partial charge in [0.25, 0.3) is 0 Å². The molecule has 26 heavy (non-hydrogen) atoms. The van der Waals surface area contributed by atoms with E-state index in [-0.39, 0.29) is 5.91 Å². The molecule has 0 saturated carbocycles. The van der Waals surface area contributed by atoms with Gasteiger partial charge in [0.1, 0.15) is 11.5 Å². The number of rotatable bonds is 8. The van der Waals surface area contributed by atoms with Gasteiger partial charge >= 0.3 is 0 Å². The van der Waals surface area contributed by atoms with Crippen LogP contribution in [0.2, 0.25) is 0 Å². The number of hydrogen-bond acceptors (Lipinski definition) is 3. The molecule has 4 nitrogen and oxygen atoms in total. The number of methoxy groups -OCH3 is 1. The summed E-state index contributed by atoms with van der Waals surface area (Å²) in [5.41, 5.74) is 2.20. The Morgan fingerprint density at radius 2 is 1.77 bits per heavy atom. The Morgan fingerprint density at radius 3 is 2.50 bits per heavy atom. The smallest absolute Gasteiger partial charge is 0.223 e. The Labute approximate surface area is 154 Å². The molecule has 4 heteroatoms. The minimum absolute atomic E-state index is 0.105. The molecule has 0 atom stereocenters. The van der Waals surface area contributed by atoms with E-state index in [1.807, 2.05) is 71.6 Å². The third-order valence-corrected chi connectivity index (χ3v) is 4.26. The molecule has 0 bridgehead atoms. The van der Waals surface area contributed by atoms with Gasteiger partial charge in [0.05, 0.1) is 19.9 Å². The van der Waals surface area contributed by atoms with Crippen molar-refractivity contribution in [3.63, 3.8) is 0 Å². The molecule has 0 N–H and O–H groups in total. The molecule has 1 aromatic heterocycles. The van der Waals surface area contributed by atoms with E-state index in [0.717, 1.165) is 22.6 Å². The van der Waals surface area contributed by atoms with Crippen molar-refractivity contribution in [1.82, 2.24) is 4.90 Å². The van der Waals surface area contributed by atoms with Gasteiger partial charge in [-0.25, -0.2) is 0 Å². The van der Waals surface area contributed by atoms with Gasteiger partial charge in [-0.2, -0.15) is 0 Å². The maximum atomic E-state index is 12.9. The monoisotopic (exact) mass is 349 g/mol. The van der Waals surface area contributed by atoms with Crippen molar-refractivity contribution in [3.05, 3.63) is 89.9 Å². The van der Waals surface area contributed by atoms with E-state index in [2.05, 4.69) is 0 Å². The Bertz CT molecular complexity index is 812. The molecule has 0 unspecified atom stereocenters. The minimum atomic E-state index is 0.105. The number of carbonyl (C=O) groups excluding carboxylic acids is 1.